The second kappa shape index (κ2) is 10.3. The zero-order valence-electron chi connectivity index (χ0n) is 22.1. The number of fused-ring (bicyclic) bond motifs is 1. The van der Waals surface area contributed by atoms with Gasteiger partial charge in [-0.25, -0.2) is 4.52 Å². The number of primary amides is 1. The van der Waals surface area contributed by atoms with Gasteiger partial charge in [-0.2, -0.15) is 5.10 Å². The fourth-order valence-electron chi connectivity index (χ4n) is 5.15. The van der Waals surface area contributed by atoms with Crippen molar-refractivity contribution in [3.63, 3.8) is 0 Å². The molecule has 2 saturated carbocycles. The number of para-hydroxylation sites is 1. The Morgan fingerprint density at radius 2 is 1.89 bits per heavy atom. The lowest BCUT2D eigenvalue weighted by Crippen LogP contribution is -2.45. The highest BCUT2D eigenvalue weighted by molar-refractivity contribution is 6.01. The van der Waals surface area contributed by atoms with Crippen molar-refractivity contribution >= 4 is 17.3 Å². The highest BCUT2D eigenvalue weighted by atomic mass is 16.5. The van der Waals surface area contributed by atoms with E-state index in [0.717, 1.165) is 43.3 Å². The van der Waals surface area contributed by atoms with Gasteiger partial charge in [0.1, 0.15) is 18.1 Å². The van der Waals surface area contributed by atoms with Gasteiger partial charge in [-0.05, 0) is 83.1 Å². The number of nitrogens with zero attached hydrogens (tertiary/aromatic N) is 2. The molecule has 1 aromatic carbocycles. The van der Waals surface area contributed by atoms with Crippen LogP contribution in [-0.2, 0) is 0 Å². The van der Waals surface area contributed by atoms with E-state index in [1.807, 2.05) is 29.6 Å². The van der Waals surface area contributed by atoms with E-state index in [1.54, 1.807) is 38.2 Å². The fraction of sp³-hybridized carbons (Fsp3) is 0.483. The van der Waals surface area contributed by atoms with Crippen LogP contribution in [0.25, 0.3) is 5.52 Å². The van der Waals surface area contributed by atoms with Gasteiger partial charge >= 0.3 is 0 Å². The van der Waals surface area contributed by atoms with Gasteiger partial charge in [0.2, 0.25) is 0 Å². The van der Waals surface area contributed by atoms with Gasteiger partial charge in [-0.1, -0.05) is 12.1 Å². The molecule has 0 saturated heterocycles. The topological polar surface area (TPSA) is 128 Å². The Bertz CT molecular complexity index is 1330. The smallest absolute Gasteiger partial charge is 0.255 e. The molecule has 5 rings (SSSR count). The first kappa shape index (κ1) is 26.0. The molecule has 9 heteroatoms. The molecule has 3 aromatic rings. The fourth-order valence-corrected chi connectivity index (χ4v) is 5.15. The van der Waals surface area contributed by atoms with Crippen molar-refractivity contribution in [3.8, 4) is 11.5 Å². The predicted molar refractivity (Wildman–Crippen MR) is 143 cm³/mol. The molecule has 9 nitrogen and oxygen atoms in total. The number of pyridine rings is 1. The Hall–Kier alpha value is -3.59. The zero-order valence-corrected chi connectivity index (χ0v) is 22.1. The number of aliphatic hydroxyl groups is 1. The SMILES string of the molecule is C[C@@H](CC1CC(NC(=O)c2cnn3c(C4CC4)c(OCC(C)(C)O)ccc23)C1)Oc1ccccc1C(N)=O. The predicted octanol–water partition coefficient (Wildman–Crippen LogP) is 3.83. The first-order chi connectivity index (χ1) is 18.1. The summed E-state index contributed by atoms with van der Waals surface area (Å²) in [4.78, 5) is 24.8. The van der Waals surface area contributed by atoms with Crippen LogP contribution in [0.15, 0.2) is 42.6 Å². The number of carbonyl (C=O) groups is 2. The van der Waals surface area contributed by atoms with Crippen molar-refractivity contribution in [2.24, 2.45) is 11.7 Å². The van der Waals surface area contributed by atoms with Crippen molar-refractivity contribution in [1.82, 2.24) is 14.9 Å². The van der Waals surface area contributed by atoms with Crippen molar-refractivity contribution in [1.29, 1.82) is 0 Å². The lowest BCUT2D eigenvalue weighted by Gasteiger charge is -2.37. The van der Waals surface area contributed by atoms with Gasteiger partial charge in [0, 0.05) is 12.0 Å². The Morgan fingerprint density at radius 3 is 2.58 bits per heavy atom. The number of carbonyl (C=O) groups excluding carboxylic acids is 2. The summed E-state index contributed by atoms with van der Waals surface area (Å²) in [6.45, 7) is 5.58. The molecule has 2 heterocycles. The molecule has 0 radical (unpaired) electrons. The molecule has 4 N–H and O–H groups in total. The molecule has 1 atom stereocenters. The maximum atomic E-state index is 13.1. The van der Waals surface area contributed by atoms with Crippen LogP contribution in [0.3, 0.4) is 0 Å². The van der Waals surface area contributed by atoms with E-state index in [9.17, 15) is 14.7 Å². The normalized spacial score (nSPS) is 20.0. The molecule has 0 unspecified atom stereocenters. The summed E-state index contributed by atoms with van der Waals surface area (Å²) in [6, 6.07) is 10.8. The Labute approximate surface area is 222 Å². The van der Waals surface area contributed by atoms with Crippen LogP contribution < -0.4 is 20.5 Å². The quantitative estimate of drug-likeness (QED) is 0.353. The van der Waals surface area contributed by atoms with E-state index in [2.05, 4.69) is 10.4 Å². The lowest BCUT2D eigenvalue weighted by atomic mass is 9.77. The van der Waals surface area contributed by atoms with Gasteiger partial charge in [0.15, 0.2) is 0 Å². The average molecular weight is 521 g/mol. The molecular weight excluding hydrogens is 484 g/mol. The highest BCUT2D eigenvalue weighted by Crippen LogP contribution is 2.44. The summed E-state index contributed by atoms with van der Waals surface area (Å²) in [5, 5.41) is 17.8. The number of aromatic nitrogens is 2. The largest absolute Gasteiger partial charge is 0.490 e. The third kappa shape index (κ3) is 5.78. The standard InChI is InChI=1S/C29H36N4O5/c1-17(38-24-7-5-4-6-21(24)27(30)34)12-18-13-20(14-18)32-28(35)22-15-31-33-23(22)10-11-25(26(33)19-8-9-19)37-16-29(2,3)36/h4-7,10-11,15,17-20,36H,8-9,12-14,16H2,1-3H3,(H2,30,34)(H,32,35)/t17-,18?,20?/m0/s1. The molecule has 2 amide bonds. The molecule has 0 bridgehead atoms. The third-order valence-electron chi connectivity index (χ3n) is 7.19. The molecule has 0 spiro atoms. The third-order valence-corrected chi connectivity index (χ3v) is 7.19. The molecule has 2 aliphatic rings. The monoisotopic (exact) mass is 520 g/mol. The molecule has 2 aliphatic carbocycles. The molecule has 0 aliphatic heterocycles. The van der Waals surface area contributed by atoms with Gasteiger partial charge < -0.3 is 25.6 Å². The van der Waals surface area contributed by atoms with Crippen molar-refractivity contribution in [2.45, 2.75) is 76.5 Å². The summed E-state index contributed by atoms with van der Waals surface area (Å²) >= 11 is 0. The van der Waals surface area contributed by atoms with Crippen LogP contribution in [0.5, 0.6) is 11.5 Å². The van der Waals surface area contributed by atoms with Gasteiger partial charge in [0.25, 0.3) is 11.8 Å². The van der Waals surface area contributed by atoms with Crippen LogP contribution >= 0.6 is 0 Å². The number of ether oxygens (including phenoxy) is 2. The number of hydrogen-bond acceptors (Lipinski definition) is 6. The van der Waals surface area contributed by atoms with Gasteiger partial charge in [-0.15, -0.1) is 0 Å². The first-order valence-corrected chi connectivity index (χ1v) is 13.3. The summed E-state index contributed by atoms with van der Waals surface area (Å²) in [6.07, 6.45) is 6.23. The summed E-state index contributed by atoms with van der Waals surface area (Å²) < 4.78 is 13.7. The second-order valence-corrected chi connectivity index (χ2v) is 11.3. The number of hydrogen-bond donors (Lipinski definition) is 3. The lowest BCUT2D eigenvalue weighted by molar-refractivity contribution is 0.0279. The van der Waals surface area contributed by atoms with Crippen LogP contribution in [0, 0.1) is 5.92 Å². The van der Waals surface area contributed by atoms with Gasteiger partial charge in [-0.3, -0.25) is 9.59 Å². The summed E-state index contributed by atoms with van der Waals surface area (Å²) in [7, 11) is 0. The summed E-state index contributed by atoms with van der Waals surface area (Å²) in [5.41, 5.74) is 7.15. The Balaban J connectivity index is 1.18. The van der Waals surface area contributed by atoms with Crippen LogP contribution in [0.2, 0.25) is 0 Å². The Morgan fingerprint density at radius 1 is 1.16 bits per heavy atom. The number of rotatable bonds is 11. The minimum atomic E-state index is -0.941. The van der Waals surface area contributed by atoms with Crippen LogP contribution in [0.1, 0.15) is 85.2 Å². The molecular formula is C29H36N4O5. The molecule has 2 fully saturated rings. The van der Waals surface area contributed by atoms with Gasteiger partial charge in [0.05, 0.1) is 40.2 Å². The minimum Gasteiger partial charge on any atom is -0.490 e. The Kier molecular flexibility index (Phi) is 7.05. The maximum Gasteiger partial charge on any atom is 0.255 e. The number of benzene rings is 1. The maximum absolute atomic E-state index is 13.1. The minimum absolute atomic E-state index is 0.0783. The first-order valence-electron chi connectivity index (χ1n) is 13.3. The zero-order chi connectivity index (χ0) is 27.0. The van der Waals surface area contributed by atoms with Crippen molar-refractivity contribution < 1.29 is 24.2 Å². The van der Waals surface area contributed by atoms with E-state index in [0.29, 0.717) is 34.5 Å². The van der Waals surface area contributed by atoms with E-state index >= 15 is 0 Å². The summed E-state index contributed by atoms with van der Waals surface area (Å²) in [5.74, 6) is 1.34. The highest BCUT2D eigenvalue weighted by Gasteiger charge is 2.34. The van der Waals surface area contributed by atoms with Crippen molar-refractivity contribution in [3.05, 3.63) is 59.4 Å². The van der Waals surface area contributed by atoms with E-state index < -0.39 is 11.5 Å². The molecule has 2 aromatic heterocycles. The number of nitrogens with one attached hydrogen (secondary N) is 1. The van der Waals surface area contributed by atoms with Crippen LogP contribution in [0.4, 0.5) is 0 Å². The van der Waals surface area contributed by atoms with E-state index in [4.69, 9.17) is 15.2 Å². The number of amides is 2. The average Bonchev–Trinajstić information content (AvgIpc) is 3.58. The van der Waals surface area contributed by atoms with E-state index in [-0.39, 0.29) is 24.7 Å². The van der Waals surface area contributed by atoms with Crippen LogP contribution in [-0.4, -0.2) is 50.9 Å². The molecule has 202 valence electrons. The number of nitrogens with two attached hydrogens (primary N) is 1. The van der Waals surface area contributed by atoms with E-state index in [1.165, 1.54) is 0 Å². The second-order valence-electron chi connectivity index (χ2n) is 11.3. The molecule has 38 heavy (non-hydrogen) atoms. The van der Waals surface area contributed by atoms with Crippen molar-refractivity contribution in [2.75, 3.05) is 6.61 Å².